The molecular weight excluding hydrogens is 332 g/mol. The van der Waals surface area contributed by atoms with Gasteiger partial charge in [0.05, 0.1) is 18.2 Å². The molecule has 2 aliphatic heterocycles. The maximum Gasteiger partial charge on any atom is 0.347 e. The van der Waals surface area contributed by atoms with Crippen LogP contribution in [0.25, 0.3) is 5.69 Å². The van der Waals surface area contributed by atoms with Crippen molar-refractivity contribution in [3.63, 3.8) is 0 Å². The lowest BCUT2D eigenvalue weighted by atomic mass is 9.92. The second kappa shape index (κ2) is 7.45. The molecule has 7 nitrogen and oxygen atoms in total. The lowest BCUT2D eigenvalue weighted by molar-refractivity contribution is -0.136. The van der Waals surface area contributed by atoms with Crippen LogP contribution < -0.4 is 5.69 Å². The van der Waals surface area contributed by atoms with Gasteiger partial charge < -0.3 is 9.64 Å². The fraction of sp³-hybridized carbons (Fsp3) is 0.526. The molecule has 138 valence electrons. The zero-order valence-electron chi connectivity index (χ0n) is 14.8. The summed E-state index contributed by atoms with van der Waals surface area (Å²) in [6.07, 6.45) is 3.46. The minimum atomic E-state index is -0.208. The predicted molar refractivity (Wildman–Crippen MR) is 96.1 cm³/mol. The Kier molecular flexibility index (Phi) is 4.88. The van der Waals surface area contributed by atoms with Gasteiger partial charge in [-0.25, -0.2) is 14.5 Å². The number of H-pyrrole nitrogens is 1. The smallest absolute Gasteiger partial charge is 0.347 e. The molecule has 0 bridgehead atoms. The van der Waals surface area contributed by atoms with Crippen LogP contribution in [0.2, 0.25) is 0 Å². The summed E-state index contributed by atoms with van der Waals surface area (Å²) in [4.78, 5) is 26.6. The number of likely N-dealkylation sites (tertiary alicyclic amines) is 1. The number of hydrogen-bond donors (Lipinski definition) is 1. The molecule has 1 aromatic heterocycles. The maximum absolute atomic E-state index is 12.5. The monoisotopic (exact) mass is 356 g/mol. The number of ether oxygens (including phenoxy) is 1. The Morgan fingerprint density at radius 1 is 1.19 bits per heavy atom. The van der Waals surface area contributed by atoms with E-state index in [1.165, 1.54) is 0 Å². The van der Waals surface area contributed by atoms with E-state index in [0.29, 0.717) is 19.1 Å². The largest absolute Gasteiger partial charge is 0.381 e. The van der Waals surface area contributed by atoms with Gasteiger partial charge in [-0.2, -0.15) is 5.10 Å². The average molecular weight is 356 g/mol. The van der Waals surface area contributed by atoms with E-state index >= 15 is 0 Å². The number of aromatic amines is 1. The van der Waals surface area contributed by atoms with Gasteiger partial charge in [0.15, 0.2) is 0 Å². The molecule has 0 spiro atoms. The number of nitrogens with zero attached hydrogens (tertiary/aromatic N) is 3. The van der Waals surface area contributed by atoms with Gasteiger partial charge in [0, 0.05) is 26.1 Å². The number of para-hydroxylation sites is 1. The number of amides is 1. The number of carbonyl (C=O) groups is 1. The fourth-order valence-electron chi connectivity index (χ4n) is 3.91. The van der Waals surface area contributed by atoms with Crippen LogP contribution in [-0.2, 0) is 16.0 Å². The lowest BCUT2D eigenvalue weighted by Crippen LogP contribution is -2.42. The van der Waals surface area contributed by atoms with Crippen LogP contribution in [-0.4, -0.2) is 51.9 Å². The molecule has 2 aromatic rings. The van der Waals surface area contributed by atoms with Gasteiger partial charge in [-0.15, -0.1) is 0 Å². The minimum absolute atomic E-state index is 0.0427. The fourth-order valence-corrected chi connectivity index (χ4v) is 3.91. The highest BCUT2D eigenvalue weighted by Crippen LogP contribution is 2.24. The minimum Gasteiger partial charge on any atom is -0.381 e. The number of benzene rings is 1. The first kappa shape index (κ1) is 17.0. The number of carbonyl (C=O) groups excluding carboxylic acids is 1. The molecule has 0 radical (unpaired) electrons. The van der Waals surface area contributed by atoms with Gasteiger partial charge in [0.25, 0.3) is 0 Å². The van der Waals surface area contributed by atoms with Crippen molar-refractivity contribution in [2.75, 3.05) is 26.3 Å². The third-order valence-corrected chi connectivity index (χ3v) is 5.43. The van der Waals surface area contributed by atoms with E-state index in [1.54, 1.807) is 4.57 Å². The quantitative estimate of drug-likeness (QED) is 0.897. The molecule has 1 unspecified atom stereocenters. The van der Waals surface area contributed by atoms with Crippen molar-refractivity contribution >= 4 is 5.91 Å². The number of rotatable bonds is 4. The van der Waals surface area contributed by atoms with Crippen molar-refractivity contribution in [1.29, 1.82) is 0 Å². The average Bonchev–Trinajstić information content (AvgIpc) is 3.33. The molecule has 1 aromatic carbocycles. The van der Waals surface area contributed by atoms with E-state index in [-0.39, 0.29) is 17.5 Å². The maximum atomic E-state index is 12.5. The van der Waals surface area contributed by atoms with Crippen LogP contribution in [0.3, 0.4) is 0 Å². The molecule has 7 heteroatoms. The third-order valence-electron chi connectivity index (χ3n) is 5.43. The highest BCUT2D eigenvalue weighted by atomic mass is 16.5. The molecule has 2 saturated heterocycles. The van der Waals surface area contributed by atoms with Gasteiger partial charge in [-0.3, -0.25) is 4.79 Å². The molecular formula is C19H24N4O3. The van der Waals surface area contributed by atoms with Crippen molar-refractivity contribution in [3.8, 4) is 5.69 Å². The van der Waals surface area contributed by atoms with Crippen LogP contribution in [0, 0.1) is 11.8 Å². The van der Waals surface area contributed by atoms with E-state index in [0.717, 1.165) is 50.3 Å². The second-order valence-electron chi connectivity index (χ2n) is 7.15. The van der Waals surface area contributed by atoms with Crippen molar-refractivity contribution in [2.45, 2.75) is 25.7 Å². The topological polar surface area (TPSA) is 80.2 Å². The van der Waals surface area contributed by atoms with Crippen molar-refractivity contribution in [1.82, 2.24) is 19.7 Å². The molecule has 0 aliphatic carbocycles. The number of nitrogens with one attached hydrogen (secondary N) is 1. The van der Waals surface area contributed by atoms with Crippen LogP contribution in [0.4, 0.5) is 0 Å². The highest BCUT2D eigenvalue weighted by molar-refractivity contribution is 5.79. The first-order chi connectivity index (χ1) is 12.7. The molecule has 3 heterocycles. The highest BCUT2D eigenvalue weighted by Gasteiger charge is 2.31. The molecule has 1 N–H and O–H groups in total. The molecule has 2 fully saturated rings. The lowest BCUT2D eigenvalue weighted by Gasteiger charge is -2.33. The summed E-state index contributed by atoms with van der Waals surface area (Å²) in [6, 6.07) is 9.57. The standard InChI is InChI=1S/C19H24N4O3/c24-18(15-8-11-26-13-15)22-9-6-14(7-10-22)12-17-20-21-19(25)23(17)16-4-2-1-3-5-16/h1-5,14-15H,6-13H2,(H,21,25). The Morgan fingerprint density at radius 2 is 1.96 bits per heavy atom. The Morgan fingerprint density at radius 3 is 2.65 bits per heavy atom. The Hall–Kier alpha value is -2.41. The van der Waals surface area contributed by atoms with Gasteiger partial charge in [0.1, 0.15) is 5.82 Å². The molecule has 0 saturated carbocycles. The van der Waals surface area contributed by atoms with Gasteiger partial charge in [0.2, 0.25) is 5.91 Å². The molecule has 2 aliphatic rings. The zero-order chi connectivity index (χ0) is 17.9. The van der Waals surface area contributed by atoms with E-state index in [2.05, 4.69) is 10.2 Å². The van der Waals surface area contributed by atoms with E-state index in [4.69, 9.17) is 4.74 Å². The summed E-state index contributed by atoms with van der Waals surface area (Å²) >= 11 is 0. The van der Waals surface area contributed by atoms with Crippen LogP contribution in [0.1, 0.15) is 25.1 Å². The number of aromatic nitrogens is 3. The van der Waals surface area contributed by atoms with Crippen molar-refractivity contribution in [2.24, 2.45) is 11.8 Å². The summed E-state index contributed by atoms with van der Waals surface area (Å²) in [7, 11) is 0. The van der Waals surface area contributed by atoms with E-state index in [1.807, 2.05) is 35.2 Å². The van der Waals surface area contributed by atoms with E-state index in [9.17, 15) is 9.59 Å². The first-order valence-corrected chi connectivity index (χ1v) is 9.30. The summed E-state index contributed by atoms with van der Waals surface area (Å²) in [5, 5.41) is 6.80. The van der Waals surface area contributed by atoms with Crippen LogP contribution >= 0.6 is 0 Å². The van der Waals surface area contributed by atoms with Crippen LogP contribution in [0.15, 0.2) is 35.1 Å². The molecule has 1 amide bonds. The normalized spacial score (nSPS) is 21.2. The summed E-state index contributed by atoms with van der Waals surface area (Å²) in [5.41, 5.74) is 0.621. The molecule has 1 atom stereocenters. The molecule has 4 rings (SSSR count). The zero-order valence-corrected chi connectivity index (χ0v) is 14.8. The summed E-state index contributed by atoms with van der Waals surface area (Å²) in [6.45, 7) is 2.82. The van der Waals surface area contributed by atoms with E-state index < -0.39 is 0 Å². The Bertz CT molecular complexity index is 800. The number of hydrogen-bond acceptors (Lipinski definition) is 4. The third kappa shape index (κ3) is 3.44. The van der Waals surface area contributed by atoms with Gasteiger partial charge >= 0.3 is 5.69 Å². The Labute approximate surface area is 152 Å². The second-order valence-corrected chi connectivity index (χ2v) is 7.15. The first-order valence-electron chi connectivity index (χ1n) is 9.30. The number of piperidine rings is 1. The Balaban J connectivity index is 1.39. The molecule has 26 heavy (non-hydrogen) atoms. The van der Waals surface area contributed by atoms with Gasteiger partial charge in [-0.1, -0.05) is 18.2 Å². The SMILES string of the molecule is O=C(C1CCOC1)N1CCC(Cc2n[nH]c(=O)n2-c2ccccc2)CC1. The predicted octanol–water partition coefficient (Wildman–Crippen LogP) is 1.38. The van der Waals surface area contributed by atoms with Crippen molar-refractivity contribution in [3.05, 3.63) is 46.6 Å². The summed E-state index contributed by atoms with van der Waals surface area (Å²) < 4.78 is 6.98. The van der Waals surface area contributed by atoms with Crippen molar-refractivity contribution < 1.29 is 9.53 Å². The van der Waals surface area contributed by atoms with Gasteiger partial charge in [-0.05, 0) is 37.3 Å². The summed E-state index contributed by atoms with van der Waals surface area (Å²) in [5.74, 6) is 1.47. The van der Waals surface area contributed by atoms with Crippen LogP contribution in [0.5, 0.6) is 0 Å².